The number of amides is 2. The van der Waals surface area contributed by atoms with Gasteiger partial charge in [-0.2, -0.15) is 0 Å². The zero-order chi connectivity index (χ0) is 21.1. The molecular weight excluding hydrogens is 382 g/mol. The van der Waals surface area contributed by atoms with E-state index in [0.29, 0.717) is 25.3 Å². The molecule has 0 aliphatic carbocycles. The molecule has 1 unspecified atom stereocenters. The number of urea groups is 1. The zero-order valence-corrected chi connectivity index (χ0v) is 17.1. The number of hydrogen-bond donors (Lipinski definition) is 2. The van der Waals surface area contributed by atoms with Gasteiger partial charge in [0.25, 0.3) is 0 Å². The fourth-order valence-corrected chi connectivity index (χ4v) is 4.38. The minimum absolute atomic E-state index is 0.0878. The molecule has 2 saturated heterocycles. The number of ether oxygens (including phenoxy) is 1. The lowest BCUT2D eigenvalue weighted by Gasteiger charge is -2.21. The number of aliphatic carboxylic acids is 1. The third-order valence-electron chi connectivity index (χ3n) is 6.04. The van der Waals surface area contributed by atoms with Crippen LogP contribution in [0.25, 0.3) is 0 Å². The second kappa shape index (κ2) is 8.75. The molecule has 7 nitrogen and oxygen atoms in total. The van der Waals surface area contributed by atoms with E-state index in [-0.39, 0.29) is 11.9 Å². The largest absolute Gasteiger partial charge is 0.497 e. The number of hydrogen-bond acceptors (Lipinski definition) is 4. The Morgan fingerprint density at radius 3 is 2.50 bits per heavy atom. The van der Waals surface area contributed by atoms with Crippen LogP contribution in [0.1, 0.15) is 12.0 Å². The van der Waals surface area contributed by atoms with Crippen LogP contribution in [-0.2, 0) is 11.2 Å². The standard InChI is InChI=1S/C23H27N3O4/c1-30-20-7-3-6-19(14-20)26-11-10-25(23(26)29)18-5-2-4-16(12-18)13-21(22(27)28)17-8-9-24-15-17/h2-7,12,14,17,21,24H,8-11,13,15H2,1H3,(H,27,28)/t17?,21-/m0/s1. The molecule has 2 fully saturated rings. The van der Waals surface area contributed by atoms with Gasteiger partial charge in [-0.1, -0.05) is 18.2 Å². The van der Waals surface area contributed by atoms with Crippen LogP contribution in [0.5, 0.6) is 5.75 Å². The molecule has 2 aliphatic rings. The summed E-state index contributed by atoms with van der Waals surface area (Å²) in [5.74, 6) is -0.321. The normalized spacial score (nSPS) is 19.9. The number of methoxy groups -OCH3 is 1. The highest BCUT2D eigenvalue weighted by Crippen LogP contribution is 2.29. The molecule has 2 amide bonds. The Bertz CT molecular complexity index is 926. The number of nitrogens with zero attached hydrogens (tertiary/aromatic N) is 2. The van der Waals surface area contributed by atoms with E-state index >= 15 is 0 Å². The van der Waals surface area contributed by atoms with Gasteiger partial charge in [0.1, 0.15) is 5.75 Å². The van der Waals surface area contributed by atoms with E-state index in [0.717, 1.165) is 36.4 Å². The highest BCUT2D eigenvalue weighted by Gasteiger charge is 2.32. The van der Waals surface area contributed by atoms with E-state index in [1.807, 2.05) is 48.5 Å². The van der Waals surface area contributed by atoms with Gasteiger partial charge in [-0.3, -0.25) is 14.6 Å². The molecule has 2 aromatic carbocycles. The van der Waals surface area contributed by atoms with Crippen LogP contribution in [0, 0.1) is 11.8 Å². The maximum absolute atomic E-state index is 13.1. The summed E-state index contributed by atoms with van der Waals surface area (Å²) in [4.78, 5) is 28.4. The summed E-state index contributed by atoms with van der Waals surface area (Å²) >= 11 is 0. The lowest BCUT2D eigenvalue weighted by Crippen LogP contribution is -2.32. The molecule has 158 valence electrons. The highest BCUT2D eigenvalue weighted by molar-refractivity contribution is 6.06. The number of carbonyl (C=O) groups excluding carboxylic acids is 1. The van der Waals surface area contributed by atoms with Crippen molar-refractivity contribution in [1.29, 1.82) is 0 Å². The topological polar surface area (TPSA) is 82.1 Å². The van der Waals surface area contributed by atoms with E-state index in [1.54, 1.807) is 16.9 Å². The van der Waals surface area contributed by atoms with Crippen molar-refractivity contribution in [1.82, 2.24) is 5.32 Å². The Balaban J connectivity index is 1.51. The third kappa shape index (κ3) is 4.11. The monoisotopic (exact) mass is 409 g/mol. The Labute approximate surface area is 176 Å². The van der Waals surface area contributed by atoms with Gasteiger partial charge in [-0.25, -0.2) is 4.79 Å². The summed E-state index contributed by atoms with van der Waals surface area (Å²) < 4.78 is 5.27. The maximum Gasteiger partial charge on any atom is 0.329 e. The predicted octanol–water partition coefficient (Wildman–Crippen LogP) is 2.99. The number of rotatable bonds is 7. The first-order chi connectivity index (χ1) is 14.6. The molecule has 2 atom stereocenters. The summed E-state index contributed by atoms with van der Waals surface area (Å²) in [7, 11) is 1.61. The van der Waals surface area contributed by atoms with Crippen LogP contribution in [0.3, 0.4) is 0 Å². The molecule has 0 radical (unpaired) electrons. The summed E-state index contributed by atoms with van der Waals surface area (Å²) in [6.07, 6.45) is 1.36. The zero-order valence-electron chi connectivity index (χ0n) is 17.1. The van der Waals surface area contributed by atoms with Crippen molar-refractivity contribution < 1.29 is 19.4 Å². The molecule has 0 bridgehead atoms. The van der Waals surface area contributed by atoms with Gasteiger partial charge in [0.05, 0.1) is 13.0 Å². The van der Waals surface area contributed by atoms with Crippen LogP contribution in [0.4, 0.5) is 16.2 Å². The van der Waals surface area contributed by atoms with Gasteiger partial charge >= 0.3 is 12.0 Å². The molecule has 0 spiro atoms. The average molecular weight is 409 g/mol. The summed E-state index contributed by atoms with van der Waals surface area (Å²) in [5, 5.41) is 13.0. The smallest absolute Gasteiger partial charge is 0.329 e. The molecule has 0 saturated carbocycles. The highest BCUT2D eigenvalue weighted by atomic mass is 16.5. The molecule has 2 N–H and O–H groups in total. The SMILES string of the molecule is COc1cccc(N2CCN(c3cccc(C[C@H](C(=O)O)C4CCNC4)c3)C2=O)c1. The Morgan fingerprint density at radius 1 is 1.17 bits per heavy atom. The van der Waals surface area contributed by atoms with Crippen molar-refractivity contribution in [2.24, 2.45) is 11.8 Å². The molecule has 2 heterocycles. The summed E-state index contributed by atoms with van der Waals surface area (Å²) in [6.45, 7) is 2.78. The Hall–Kier alpha value is -3.06. The van der Waals surface area contributed by atoms with Crippen molar-refractivity contribution in [3.63, 3.8) is 0 Å². The fraction of sp³-hybridized carbons (Fsp3) is 0.391. The van der Waals surface area contributed by atoms with Gasteiger partial charge in [0, 0.05) is 30.5 Å². The number of carboxylic acids is 1. The fourth-order valence-electron chi connectivity index (χ4n) is 4.38. The van der Waals surface area contributed by atoms with Crippen molar-refractivity contribution in [2.45, 2.75) is 12.8 Å². The van der Waals surface area contributed by atoms with Crippen LogP contribution < -0.4 is 19.9 Å². The minimum Gasteiger partial charge on any atom is -0.497 e. The Kier molecular flexibility index (Phi) is 5.90. The third-order valence-corrected chi connectivity index (χ3v) is 6.04. The van der Waals surface area contributed by atoms with E-state index in [2.05, 4.69) is 5.32 Å². The number of carboxylic acid groups (broad SMARTS) is 1. The minimum atomic E-state index is -0.754. The van der Waals surface area contributed by atoms with Gasteiger partial charge in [0.2, 0.25) is 0 Å². The number of benzene rings is 2. The average Bonchev–Trinajstić information content (AvgIpc) is 3.42. The summed E-state index contributed by atoms with van der Waals surface area (Å²) in [5.41, 5.74) is 2.55. The quantitative estimate of drug-likeness (QED) is 0.735. The molecule has 0 aromatic heterocycles. The van der Waals surface area contributed by atoms with E-state index < -0.39 is 11.9 Å². The first kappa shape index (κ1) is 20.2. The number of nitrogens with one attached hydrogen (secondary N) is 1. The van der Waals surface area contributed by atoms with Crippen LogP contribution in [0.15, 0.2) is 48.5 Å². The van der Waals surface area contributed by atoms with Crippen molar-refractivity contribution in [2.75, 3.05) is 43.1 Å². The second-order valence-electron chi connectivity index (χ2n) is 7.86. The van der Waals surface area contributed by atoms with Gasteiger partial charge < -0.3 is 15.2 Å². The first-order valence-corrected chi connectivity index (χ1v) is 10.3. The van der Waals surface area contributed by atoms with Gasteiger partial charge in [0.15, 0.2) is 0 Å². The van der Waals surface area contributed by atoms with Crippen molar-refractivity contribution in [3.05, 3.63) is 54.1 Å². The van der Waals surface area contributed by atoms with E-state index in [1.165, 1.54) is 0 Å². The molecule has 2 aliphatic heterocycles. The first-order valence-electron chi connectivity index (χ1n) is 10.3. The predicted molar refractivity (Wildman–Crippen MR) is 115 cm³/mol. The van der Waals surface area contributed by atoms with Crippen molar-refractivity contribution >= 4 is 23.4 Å². The van der Waals surface area contributed by atoms with Crippen LogP contribution in [-0.4, -0.2) is 50.4 Å². The van der Waals surface area contributed by atoms with Gasteiger partial charge in [-0.05, 0) is 61.7 Å². The van der Waals surface area contributed by atoms with E-state index in [9.17, 15) is 14.7 Å². The van der Waals surface area contributed by atoms with Crippen LogP contribution >= 0.6 is 0 Å². The van der Waals surface area contributed by atoms with Crippen LogP contribution in [0.2, 0.25) is 0 Å². The lowest BCUT2D eigenvalue weighted by atomic mass is 9.86. The lowest BCUT2D eigenvalue weighted by molar-refractivity contribution is -0.143. The second-order valence-corrected chi connectivity index (χ2v) is 7.86. The Morgan fingerprint density at radius 2 is 1.87 bits per heavy atom. The molecular formula is C23H27N3O4. The number of carbonyl (C=O) groups is 2. The number of anilines is 2. The van der Waals surface area contributed by atoms with Gasteiger partial charge in [-0.15, -0.1) is 0 Å². The molecule has 4 rings (SSSR count). The molecule has 2 aromatic rings. The summed E-state index contributed by atoms with van der Waals surface area (Å²) in [6, 6.07) is 15.1. The maximum atomic E-state index is 13.1. The molecule has 30 heavy (non-hydrogen) atoms. The van der Waals surface area contributed by atoms with E-state index in [4.69, 9.17) is 4.74 Å². The van der Waals surface area contributed by atoms with Crippen molar-refractivity contribution in [3.8, 4) is 5.75 Å². The molecule has 7 heteroatoms.